The molecule has 2 aromatic heterocycles. The molecule has 190 valence electrons. The SMILES string of the molecule is CC(C)(C)c1ccc(-n2c3cc4c(cc3c3cc5c(cc32)sc2ccccc25)-c2ccccc2C4(C)C)cc1. The Kier molecular flexibility index (Phi) is 4.50. The molecule has 0 fully saturated rings. The Bertz CT molecular complexity index is 2110. The Morgan fingerprint density at radius 2 is 1.28 bits per heavy atom. The summed E-state index contributed by atoms with van der Waals surface area (Å²) in [4.78, 5) is 0. The van der Waals surface area contributed by atoms with Crippen LogP contribution in [0.3, 0.4) is 0 Å². The average molecular weight is 522 g/mol. The molecule has 7 aromatic rings. The fraction of sp³-hybridized carbons (Fsp3) is 0.189. The van der Waals surface area contributed by atoms with Crippen molar-refractivity contribution in [2.24, 2.45) is 0 Å². The molecule has 2 heteroatoms. The second-order valence-corrected chi connectivity index (χ2v) is 13.8. The van der Waals surface area contributed by atoms with E-state index in [1.165, 1.54) is 75.5 Å². The zero-order chi connectivity index (χ0) is 26.7. The van der Waals surface area contributed by atoms with Crippen molar-refractivity contribution in [3.63, 3.8) is 0 Å². The van der Waals surface area contributed by atoms with E-state index in [0.717, 1.165) is 0 Å². The van der Waals surface area contributed by atoms with Gasteiger partial charge in [-0.15, -0.1) is 11.3 Å². The van der Waals surface area contributed by atoms with Crippen LogP contribution in [-0.4, -0.2) is 4.57 Å². The maximum absolute atomic E-state index is 2.50. The smallest absolute Gasteiger partial charge is 0.0555 e. The normalized spacial score (nSPS) is 14.5. The molecule has 0 saturated heterocycles. The zero-order valence-electron chi connectivity index (χ0n) is 23.1. The Balaban J connectivity index is 1.51. The summed E-state index contributed by atoms with van der Waals surface area (Å²) < 4.78 is 5.19. The molecule has 0 atom stereocenters. The van der Waals surface area contributed by atoms with Crippen molar-refractivity contribution < 1.29 is 0 Å². The van der Waals surface area contributed by atoms with E-state index in [-0.39, 0.29) is 10.8 Å². The third-order valence-electron chi connectivity index (χ3n) is 8.96. The lowest BCUT2D eigenvalue weighted by atomic mass is 9.82. The summed E-state index contributed by atoms with van der Waals surface area (Å²) >= 11 is 1.90. The van der Waals surface area contributed by atoms with Crippen LogP contribution in [0.15, 0.2) is 97.1 Å². The minimum absolute atomic E-state index is 0.0337. The second kappa shape index (κ2) is 7.61. The van der Waals surface area contributed by atoms with E-state index in [9.17, 15) is 0 Å². The van der Waals surface area contributed by atoms with E-state index < -0.39 is 0 Å². The van der Waals surface area contributed by atoms with Gasteiger partial charge in [0.1, 0.15) is 0 Å². The van der Waals surface area contributed by atoms with Crippen LogP contribution in [0.4, 0.5) is 0 Å². The monoisotopic (exact) mass is 521 g/mol. The summed E-state index contributed by atoms with van der Waals surface area (Å²) in [6.45, 7) is 11.6. The van der Waals surface area contributed by atoms with Crippen LogP contribution in [0.1, 0.15) is 51.3 Å². The lowest BCUT2D eigenvalue weighted by Crippen LogP contribution is -2.15. The number of nitrogens with zero attached hydrogens (tertiary/aromatic N) is 1. The number of fused-ring (bicyclic) bond motifs is 9. The van der Waals surface area contributed by atoms with Gasteiger partial charge in [0.2, 0.25) is 0 Å². The van der Waals surface area contributed by atoms with Crippen molar-refractivity contribution in [3.8, 4) is 16.8 Å². The molecule has 0 unspecified atom stereocenters. The van der Waals surface area contributed by atoms with Gasteiger partial charge in [-0.2, -0.15) is 0 Å². The molecule has 0 spiro atoms. The van der Waals surface area contributed by atoms with Crippen LogP contribution in [0.2, 0.25) is 0 Å². The highest BCUT2D eigenvalue weighted by atomic mass is 32.1. The number of benzene rings is 5. The summed E-state index contributed by atoms with van der Waals surface area (Å²) in [7, 11) is 0. The highest BCUT2D eigenvalue weighted by Gasteiger charge is 2.36. The van der Waals surface area contributed by atoms with Gasteiger partial charge in [-0.3, -0.25) is 0 Å². The first-order chi connectivity index (χ1) is 18.7. The van der Waals surface area contributed by atoms with Gasteiger partial charge in [0.05, 0.1) is 11.0 Å². The molecular formula is C37H31NS. The number of rotatable bonds is 1. The van der Waals surface area contributed by atoms with Gasteiger partial charge in [0.15, 0.2) is 0 Å². The Morgan fingerprint density at radius 3 is 2.08 bits per heavy atom. The topological polar surface area (TPSA) is 4.93 Å². The predicted octanol–water partition coefficient (Wildman–Crippen LogP) is 10.8. The van der Waals surface area contributed by atoms with Crippen LogP contribution in [0.5, 0.6) is 0 Å². The van der Waals surface area contributed by atoms with E-state index in [1.807, 2.05) is 11.3 Å². The minimum Gasteiger partial charge on any atom is -0.309 e. The molecule has 0 aliphatic heterocycles. The van der Waals surface area contributed by atoms with Crippen LogP contribution >= 0.6 is 11.3 Å². The van der Waals surface area contributed by atoms with E-state index in [1.54, 1.807) is 0 Å². The average Bonchev–Trinajstić information content (AvgIpc) is 3.52. The van der Waals surface area contributed by atoms with Gasteiger partial charge in [0, 0.05) is 42.0 Å². The second-order valence-electron chi connectivity index (χ2n) is 12.7. The Labute approximate surface area is 233 Å². The van der Waals surface area contributed by atoms with Gasteiger partial charge in [-0.1, -0.05) is 89.2 Å². The molecule has 0 radical (unpaired) electrons. The van der Waals surface area contributed by atoms with E-state index in [2.05, 4.69) is 136 Å². The molecule has 0 saturated carbocycles. The van der Waals surface area contributed by atoms with Crippen molar-refractivity contribution in [2.45, 2.75) is 45.4 Å². The lowest BCUT2D eigenvalue weighted by molar-refractivity contribution is 0.590. The molecule has 1 aliphatic rings. The summed E-state index contributed by atoms with van der Waals surface area (Å²) in [6, 6.07) is 36.8. The molecule has 0 N–H and O–H groups in total. The zero-order valence-corrected chi connectivity index (χ0v) is 23.9. The maximum atomic E-state index is 2.50. The van der Waals surface area contributed by atoms with Crippen LogP contribution in [0.25, 0.3) is 58.8 Å². The molecule has 8 rings (SSSR count). The van der Waals surface area contributed by atoms with Gasteiger partial charge < -0.3 is 4.57 Å². The fourth-order valence-corrected chi connectivity index (χ4v) is 7.94. The van der Waals surface area contributed by atoms with Crippen molar-refractivity contribution in [1.29, 1.82) is 0 Å². The third-order valence-corrected chi connectivity index (χ3v) is 10.1. The number of thiophene rings is 1. The maximum Gasteiger partial charge on any atom is 0.0555 e. The Morgan fingerprint density at radius 1 is 0.590 bits per heavy atom. The minimum atomic E-state index is -0.0337. The largest absolute Gasteiger partial charge is 0.309 e. The first-order valence-electron chi connectivity index (χ1n) is 13.9. The quantitative estimate of drug-likeness (QED) is 0.202. The van der Waals surface area contributed by atoms with Gasteiger partial charge in [-0.05, 0) is 75.7 Å². The number of hydrogen-bond acceptors (Lipinski definition) is 1. The first-order valence-corrected chi connectivity index (χ1v) is 14.7. The predicted molar refractivity (Wildman–Crippen MR) is 170 cm³/mol. The Hall–Kier alpha value is -3.88. The summed E-state index contributed by atoms with van der Waals surface area (Å²) in [5, 5.41) is 5.35. The van der Waals surface area contributed by atoms with Crippen LogP contribution in [0, 0.1) is 0 Å². The molecule has 0 bridgehead atoms. The van der Waals surface area contributed by atoms with E-state index >= 15 is 0 Å². The van der Waals surface area contributed by atoms with Gasteiger partial charge in [0.25, 0.3) is 0 Å². The summed E-state index contributed by atoms with van der Waals surface area (Å²) in [5.74, 6) is 0. The molecular weight excluding hydrogens is 490 g/mol. The van der Waals surface area contributed by atoms with Crippen LogP contribution in [-0.2, 0) is 10.8 Å². The van der Waals surface area contributed by atoms with Crippen molar-refractivity contribution in [1.82, 2.24) is 4.57 Å². The standard InChI is InChI=1S/C37H31NS/c1-36(2,3)22-14-16-23(17-15-22)38-32-20-31-26(24-10-6-8-12-30(24)37(31,4)5)18-27(32)28-19-29-25-11-7-9-13-34(25)39-35(29)21-33(28)38/h6-21H,1-5H3. The van der Waals surface area contributed by atoms with Crippen molar-refractivity contribution in [3.05, 3.63) is 114 Å². The van der Waals surface area contributed by atoms with E-state index in [0.29, 0.717) is 0 Å². The number of aromatic nitrogens is 1. The third kappa shape index (κ3) is 3.13. The molecule has 1 aliphatic carbocycles. The highest BCUT2D eigenvalue weighted by molar-refractivity contribution is 7.25. The molecule has 39 heavy (non-hydrogen) atoms. The molecule has 2 heterocycles. The van der Waals surface area contributed by atoms with E-state index in [4.69, 9.17) is 0 Å². The van der Waals surface area contributed by atoms with Crippen molar-refractivity contribution in [2.75, 3.05) is 0 Å². The summed E-state index contributed by atoms with van der Waals surface area (Å²) in [6.07, 6.45) is 0. The highest BCUT2D eigenvalue weighted by Crippen LogP contribution is 2.51. The lowest BCUT2D eigenvalue weighted by Gasteiger charge is -2.22. The number of hydrogen-bond donors (Lipinski definition) is 0. The summed E-state index contributed by atoms with van der Waals surface area (Å²) in [5.41, 5.74) is 10.8. The molecule has 0 amide bonds. The fourth-order valence-electron chi connectivity index (χ4n) is 6.82. The van der Waals surface area contributed by atoms with Gasteiger partial charge >= 0.3 is 0 Å². The first kappa shape index (κ1) is 23.0. The molecule has 1 nitrogen and oxygen atoms in total. The van der Waals surface area contributed by atoms with Crippen molar-refractivity contribution >= 4 is 53.3 Å². The molecule has 5 aromatic carbocycles. The van der Waals surface area contributed by atoms with Gasteiger partial charge in [-0.25, -0.2) is 0 Å². The van der Waals surface area contributed by atoms with Crippen LogP contribution < -0.4 is 0 Å².